The van der Waals surface area contributed by atoms with E-state index in [9.17, 15) is 0 Å². The molecule has 1 aromatic rings. The molecule has 5 heteroatoms. The van der Waals surface area contributed by atoms with Gasteiger partial charge >= 0.3 is 0 Å². The maximum Gasteiger partial charge on any atom is 0.226 e. The van der Waals surface area contributed by atoms with Gasteiger partial charge in [0, 0.05) is 23.8 Å². The maximum absolute atomic E-state index is 6.13. The number of hydrogen-bond donors (Lipinski definition) is 2. The molecular formula is C14H24N4O. The van der Waals surface area contributed by atoms with Gasteiger partial charge in [0.05, 0.1) is 6.61 Å². The molecule has 19 heavy (non-hydrogen) atoms. The number of ether oxygens (including phenoxy) is 1. The largest absolute Gasteiger partial charge is 0.478 e. The van der Waals surface area contributed by atoms with E-state index in [0.29, 0.717) is 18.4 Å². The fourth-order valence-electron chi connectivity index (χ4n) is 2.39. The van der Waals surface area contributed by atoms with Crippen molar-refractivity contribution in [3.05, 3.63) is 11.8 Å². The third-order valence-corrected chi connectivity index (χ3v) is 3.42. The third-order valence-electron chi connectivity index (χ3n) is 3.42. The van der Waals surface area contributed by atoms with Crippen molar-refractivity contribution in [3.63, 3.8) is 0 Å². The molecule has 2 rings (SSSR count). The Bertz CT molecular complexity index is 410. The zero-order valence-corrected chi connectivity index (χ0v) is 11.9. The van der Waals surface area contributed by atoms with Crippen LogP contribution >= 0.6 is 0 Å². The molecule has 1 saturated carbocycles. The lowest BCUT2D eigenvalue weighted by molar-refractivity contribution is 0.304. The highest BCUT2D eigenvalue weighted by Gasteiger charge is 2.22. The molecule has 1 heterocycles. The molecule has 2 atom stereocenters. The minimum absolute atomic E-state index is 0.192. The number of nitrogens with zero attached hydrogens (tertiary/aromatic N) is 2. The molecule has 106 valence electrons. The summed E-state index contributed by atoms with van der Waals surface area (Å²) in [6.07, 6.45) is 5.57. The zero-order chi connectivity index (χ0) is 13.7. The standard InChI is InChI=1S/C14H24N4O/c1-3-8-19-13-9-10(2)16-14(18-13)17-12-7-5-4-6-11(12)15/h9,11-12H,3-8,15H2,1-2H3,(H,16,17,18)/t11-,12-/m1/s1. The van der Waals surface area contributed by atoms with Crippen LogP contribution in [0.4, 0.5) is 5.95 Å². The fraction of sp³-hybridized carbons (Fsp3) is 0.714. The second-order valence-electron chi connectivity index (χ2n) is 5.22. The Balaban J connectivity index is 2.04. The highest BCUT2D eigenvalue weighted by Crippen LogP contribution is 2.21. The van der Waals surface area contributed by atoms with Crippen LogP contribution in [0.2, 0.25) is 0 Å². The highest BCUT2D eigenvalue weighted by molar-refractivity contribution is 5.32. The molecule has 5 nitrogen and oxygen atoms in total. The number of rotatable bonds is 5. The molecule has 1 aromatic heterocycles. The first-order chi connectivity index (χ1) is 9.19. The summed E-state index contributed by atoms with van der Waals surface area (Å²) >= 11 is 0. The molecule has 1 fully saturated rings. The third kappa shape index (κ3) is 4.06. The van der Waals surface area contributed by atoms with Gasteiger partial charge in [-0.05, 0) is 26.2 Å². The SMILES string of the molecule is CCCOc1cc(C)nc(N[C@@H]2CCCC[C@H]2N)n1. The van der Waals surface area contributed by atoms with Crippen molar-refractivity contribution in [1.82, 2.24) is 9.97 Å². The highest BCUT2D eigenvalue weighted by atomic mass is 16.5. The quantitative estimate of drug-likeness (QED) is 0.853. The molecule has 1 aliphatic carbocycles. The number of anilines is 1. The van der Waals surface area contributed by atoms with Gasteiger partial charge in [0.25, 0.3) is 0 Å². The van der Waals surface area contributed by atoms with Gasteiger partial charge in [-0.3, -0.25) is 0 Å². The van der Waals surface area contributed by atoms with Gasteiger partial charge in [0.1, 0.15) is 0 Å². The van der Waals surface area contributed by atoms with Crippen molar-refractivity contribution in [2.75, 3.05) is 11.9 Å². The van der Waals surface area contributed by atoms with E-state index in [1.54, 1.807) is 0 Å². The van der Waals surface area contributed by atoms with Gasteiger partial charge in [0.2, 0.25) is 11.8 Å². The van der Waals surface area contributed by atoms with Crippen molar-refractivity contribution >= 4 is 5.95 Å². The van der Waals surface area contributed by atoms with Crippen LogP contribution in [-0.4, -0.2) is 28.7 Å². The second-order valence-corrected chi connectivity index (χ2v) is 5.22. The smallest absolute Gasteiger partial charge is 0.226 e. The lowest BCUT2D eigenvalue weighted by Crippen LogP contribution is -2.43. The van der Waals surface area contributed by atoms with E-state index < -0.39 is 0 Å². The molecule has 0 unspecified atom stereocenters. The Morgan fingerprint density at radius 2 is 2.16 bits per heavy atom. The topological polar surface area (TPSA) is 73.1 Å². The summed E-state index contributed by atoms with van der Waals surface area (Å²) in [5.41, 5.74) is 7.04. The molecule has 0 aromatic carbocycles. The first kappa shape index (κ1) is 14.1. The Hall–Kier alpha value is -1.36. The summed E-state index contributed by atoms with van der Waals surface area (Å²) in [7, 11) is 0. The molecule has 0 aliphatic heterocycles. The monoisotopic (exact) mass is 264 g/mol. The van der Waals surface area contributed by atoms with Crippen LogP contribution in [0.25, 0.3) is 0 Å². The Kier molecular flexibility index (Phi) is 4.96. The van der Waals surface area contributed by atoms with E-state index in [1.165, 1.54) is 12.8 Å². The van der Waals surface area contributed by atoms with E-state index in [4.69, 9.17) is 10.5 Å². The molecular weight excluding hydrogens is 240 g/mol. The van der Waals surface area contributed by atoms with Gasteiger partial charge in [-0.15, -0.1) is 0 Å². The van der Waals surface area contributed by atoms with Gasteiger partial charge in [-0.25, -0.2) is 4.98 Å². The second kappa shape index (κ2) is 6.70. The summed E-state index contributed by atoms with van der Waals surface area (Å²) < 4.78 is 5.57. The van der Waals surface area contributed by atoms with Crippen molar-refractivity contribution < 1.29 is 4.74 Å². The van der Waals surface area contributed by atoms with Crippen molar-refractivity contribution in [3.8, 4) is 5.88 Å². The van der Waals surface area contributed by atoms with Crippen molar-refractivity contribution in [2.24, 2.45) is 5.73 Å². The van der Waals surface area contributed by atoms with Crippen LogP contribution in [0.1, 0.15) is 44.7 Å². The summed E-state index contributed by atoms with van der Waals surface area (Å²) in [4.78, 5) is 8.81. The van der Waals surface area contributed by atoms with Gasteiger partial charge < -0.3 is 15.8 Å². The fourth-order valence-corrected chi connectivity index (χ4v) is 2.39. The normalized spacial score (nSPS) is 23.1. The zero-order valence-electron chi connectivity index (χ0n) is 11.9. The maximum atomic E-state index is 6.13. The molecule has 3 N–H and O–H groups in total. The van der Waals surface area contributed by atoms with Crippen LogP contribution < -0.4 is 15.8 Å². The van der Waals surface area contributed by atoms with Crippen LogP contribution in [-0.2, 0) is 0 Å². The number of hydrogen-bond acceptors (Lipinski definition) is 5. The lowest BCUT2D eigenvalue weighted by atomic mass is 9.91. The number of aromatic nitrogens is 2. The van der Waals surface area contributed by atoms with Gasteiger partial charge in [0.15, 0.2) is 0 Å². The average Bonchev–Trinajstić information content (AvgIpc) is 2.38. The molecule has 1 aliphatic rings. The Morgan fingerprint density at radius 3 is 2.89 bits per heavy atom. The van der Waals surface area contributed by atoms with Gasteiger partial charge in [-0.1, -0.05) is 19.8 Å². The molecule has 0 spiro atoms. The summed E-state index contributed by atoms with van der Waals surface area (Å²) in [5.74, 6) is 1.27. The summed E-state index contributed by atoms with van der Waals surface area (Å²) in [5, 5.41) is 3.36. The van der Waals surface area contributed by atoms with Crippen LogP contribution in [0.5, 0.6) is 5.88 Å². The number of nitrogens with two attached hydrogens (primary N) is 1. The van der Waals surface area contributed by atoms with E-state index in [0.717, 1.165) is 25.0 Å². The van der Waals surface area contributed by atoms with E-state index in [2.05, 4.69) is 22.2 Å². The molecule has 0 saturated heterocycles. The van der Waals surface area contributed by atoms with E-state index in [1.807, 2.05) is 13.0 Å². The number of nitrogens with one attached hydrogen (secondary N) is 1. The first-order valence-corrected chi connectivity index (χ1v) is 7.19. The predicted octanol–water partition coefficient (Wildman–Crippen LogP) is 2.26. The van der Waals surface area contributed by atoms with Crippen LogP contribution in [0, 0.1) is 6.92 Å². The number of aryl methyl sites for hydroxylation is 1. The summed E-state index contributed by atoms with van der Waals surface area (Å²) in [6, 6.07) is 2.33. The minimum atomic E-state index is 0.192. The Labute approximate surface area is 115 Å². The minimum Gasteiger partial charge on any atom is -0.478 e. The molecule has 0 bridgehead atoms. The van der Waals surface area contributed by atoms with Crippen molar-refractivity contribution in [1.29, 1.82) is 0 Å². The van der Waals surface area contributed by atoms with Crippen LogP contribution in [0.15, 0.2) is 6.07 Å². The van der Waals surface area contributed by atoms with Gasteiger partial charge in [-0.2, -0.15) is 4.98 Å². The summed E-state index contributed by atoms with van der Waals surface area (Å²) in [6.45, 7) is 4.71. The predicted molar refractivity (Wildman–Crippen MR) is 76.4 cm³/mol. The van der Waals surface area contributed by atoms with Crippen molar-refractivity contribution in [2.45, 2.75) is 58.0 Å². The first-order valence-electron chi connectivity index (χ1n) is 7.19. The van der Waals surface area contributed by atoms with E-state index >= 15 is 0 Å². The van der Waals surface area contributed by atoms with E-state index in [-0.39, 0.29) is 12.1 Å². The van der Waals surface area contributed by atoms with Crippen LogP contribution in [0.3, 0.4) is 0 Å². The lowest BCUT2D eigenvalue weighted by Gasteiger charge is -2.29. The Morgan fingerprint density at radius 1 is 1.37 bits per heavy atom. The molecule has 0 radical (unpaired) electrons. The molecule has 0 amide bonds. The average molecular weight is 264 g/mol.